The summed E-state index contributed by atoms with van der Waals surface area (Å²) in [7, 11) is 3.75. The van der Waals surface area contributed by atoms with Crippen LogP contribution in [-0.4, -0.2) is 174 Å². The van der Waals surface area contributed by atoms with Crippen molar-refractivity contribution in [3.63, 3.8) is 0 Å². The summed E-state index contributed by atoms with van der Waals surface area (Å²) in [4.78, 5) is 43.9. The van der Waals surface area contributed by atoms with Crippen molar-refractivity contribution in [1.29, 1.82) is 0 Å². The smallest absolute Gasteiger partial charge is 0.407 e. The van der Waals surface area contributed by atoms with Crippen LogP contribution in [0, 0.1) is 0 Å². The fraction of sp³-hybridized carbons (Fsp3) is 0.673. The van der Waals surface area contributed by atoms with Gasteiger partial charge in [0, 0.05) is 52.1 Å². The van der Waals surface area contributed by atoms with Gasteiger partial charge in [-0.05, 0) is 77.3 Å². The summed E-state index contributed by atoms with van der Waals surface area (Å²) in [5.74, 6) is 0.0574. The number of hydrogen-bond acceptors (Lipinski definition) is 15. The number of hydrogen-bond donors (Lipinski definition) is 1. The fourth-order valence-electron chi connectivity index (χ4n) is 5.16. The van der Waals surface area contributed by atoms with Crippen molar-refractivity contribution < 1.29 is 66.5 Å². The molecule has 0 unspecified atom stereocenters. The van der Waals surface area contributed by atoms with Gasteiger partial charge in [0.2, 0.25) is 0 Å². The standard InChI is InChI=1S/C20H21NO4.C19H39NO7.C5H10O2.C5H12O/c22-11-5-12-24-13-10-21-20(23)25-14-19-17-8-3-1-6-15(17)16-7-2-4-9-18(16)19;1-3-8-22-12-16-26-18-14-24-10-5-20(2)6-11-25-15-19-27-17-13-23-9-4-7-21;1-5(2,3)7-4-6;1-5(2,3)6-4/h1-4,6-9,11,19H,5,10,12-14H2,(H,21,23);7H,3-6,8-19H2,1-2H3;4H,1-3H3;1-4H3. The first-order valence-corrected chi connectivity index (χ1v) is 22.6. The maximum absolute atomic E-state index is 11.9. The van der Waals surface area contributed by atoms with Gasteiger partial charge in [-0.15, -0.1) is 0 Å². The van der Waals surface area contributed by atoms with Crippen LogP contribution in [0.1, 0.15) is 84.8 Å². The van der Waals surface area contributed by atoms with Gasteiger partial charge in [0.15, 0.2) is 0 Å². The van der Waals surface area contributed by atoms with E-state index in [-0.39, 0.29) is 17.1 Å². The third-order valence-corrected chi connectivity index (χ3v) is 8.70. The largest absolute Gasteiger partial charge is 0.462 e. The second-order valence-corrected chi connectivity index (χ2v) is 16.4. The molecule has 0 spiro atoms. The van der Waals surface area contributed by atoms with Crippen LogP contribution in [0.4, 0.5) is 4.79 Å². The van der Waals surface area contributed by atoms with Crippen LogP contribution in [0.25, 0.3) is 11.1 Å². The highest BCUT2D eigenvalue weighted by Gasteiger charge is 2.29. The molecule has 0 saturated heterocycles. The molecule has 2 aromatic carbocycles. The number of alkyl carbamates (subject to hydrolysis) is 1. The number of nitrogens with one attached hydrogen (secondary N) is 1. The number of nitrogens with zero attached hydrogens (tertiary/aromatic N) is 1. The van der Waals surface area contributed by atoms with Gasteiger partial charge in [0.25, 0.3) is 6.47 Å². The molecule has 0 heterocycles. The minimum absolute atomic E-state index is 0.0417. The lowest BCUT2D eigenvalue weighted by molar-refractivity contribution is -0.138. The van der Waals surface area contributed by atoms with Crippen LogP contribution < -0.4 is 5.32 Å². The van der Waals surface area contributed by atoms with Gasteiger partial charge in [-0.2, -0.15) is 0 Å². The van der Waals surface area contributed by atoms with Crippen LogP contribution >= 0.6 is 0 Å². The summed E-state index contributed by atoms with van der Waals surface area (Å²) in [6, 6.07) is 16.4. The highest BCUT2D eigenvalue weighted by atomic mass is 16.6. The quantitative estimate of drug-likeness (QED) is 0.0618. The summed E-state index contributed by atoms with van der Waals surface area (Å²) in [5, 5.41) is 2.66. The van der Waals surface area contributed by atoms with Crippen LogP contribution in [0.3, 0.4) is 0 Å². The first kappa shape index (κ1) is 61.2. The van der Waals surface area contributed by atoms with Gasteiger partial charge >= 0.3 is 6.09 Å². The summed E-state index contributed by atoms with van der Waals surface area (Å²) >= 11 is 0. The molecule has 0 aromatic heterocycles. The molecule has 1 N–H and O–H groups in total. The Kier molecular flexibility index (Phi) is 38.0. The monoisotopic (exact) mass is 923 g/mol. The van der Waals surface area contributed by atoms with Gasteiger partial charge in [0.1, 0.15) is 24.8 Å². The summed E-state index contributed by atoms with van der Waals surface area (Å²) in [5.41, 5.74) is 4.51. The molecule has 0 fully saturated rings. The number of ether oxygens (including phenoxy) is 10. The normalized spacial score (nSPS) is 11.7. The van der Waals surface area contributed by atoms with Crippen molar-refractivity contribution in [1.82, 2.24) is 10.2 Å². The van der Waals surface area contributed by atoms with Crippen LogP contribution in [0.15, 0.2) is 48.5 Å². The van der Waals surface area contributed by atoms with E-state index in [1.54, 1.807) is 7.11 Å². The molecule has 0 radical (unpaired) electrons. The number of methoxy groups -OCH3 is 1. The third kappa shape index (κ3) is 36.0. The lowest BCUT2D eigenvalue weighted by Crippen LogP contribution is -2.29. The molecule has 3 rings (SSSR count). The average Bonchev–Trinajstić information content (AvgIpc) is 3.60. The first-order valence-electron chi connectivity index (χ1n) is 22.6. The maximum Gasteiger partial charge on any atom is 0.407 e. The number of carbonyl (C=O) groups is 4. The molecule has 0 atom stereocenters. The number of fused-ring (bicyclic) bond motifs is 3. The minimum Gasteiger partial charge on any atom is -0.462 e. The van der Waals surface area contributed by atoms with E-state index in [9.17, 15) is 19.2 Å². The zero-order valence-corrected chi connectivity index (χ0v) is 40.9. The zero-order valence-electron chi connectivity index (χ0n) is 40.9. The van der Waals surface area contributed by atoms with Gasteiger partial charge in [-0.3, -0.25) is 4.79 Å². The Labute approximate surface area is 389 Å². The second kappa shape index (κ2) is 40.4. The van der Waals surface area contributed by atoms with Crippen molar-refractivity contribution in [2.45, 2.75) is 84.8 Å². The second-order valence-electron chi connectivity index (χ2n) is 16.4. The molecule has 16 heteroatoms. The third-order valence-electron chi connectivity index (χ3n) is 8.70. The summed E-state index contributed by atoms with van der Waals surface area (Å²) in [6.07, 6.45) is 3.03. The number of amides is 1. The van der Waals surface area contributed by atoms with Gasteiger partial charge in [0.05, 0.1) is 91.5 Å². The highest BCUT2D eigenvalue weighted by molar-refractivity contribution is 5.79. The highest BCUT2D eigenvalue weighted by Crippen LogP contribution is 2.44. The topological polar surface area (TPSA) is 176 Å². The zero-order chi connectivity index (χ0) is 48.4. The molecule has 16 nitrogen and oxygen atoms in total. The van der Waals surface area contributed by atoms with Crippen LogP contribution in [-0.2, 0) is 61.8 Å². The van der Waals surface area contributed by atoms with Gasteiger partial charge < -0.3 is 67.2 Å². The van der Waals surface area contributed by atoms with Crippen molar-refractivity contribution >= 4 is 25.1 Å². The molecule has 0 saturated carbocycles. The Morgan fingerprint density at radius 3 is 1.38 bits per heavy atom. The molecule has 372 valence electrons. The molecule has 2 aromatic rings. The molecule has 1 aliphatic carbocycles. The summed E-state index contributed by atoms with van der Waals surface area (Å²) in [6.45, 7) is 24.4. The predicted molar refractivity (Wildman–Crippen MR) is 252 cm³/mol. The Hall–Kier alpha value is -3.84. The Morgan fingerprint density at radius 2 is 1.00 bits per heavy atom. The number of rotatable bonds is 32. The van der Waals surface area contributed by atoms with Crippen LogP contribution in [0.2, 0.25) is 0 Å². The molecule has 0 bridgehead atoms. The predicted octanol–water partition coefficient (Wildman–Crippen LogP) is 6.54. The van der Waals surface area contributed by atoms with Crippen molar-refractivity contribution in [2.75, 3.05) is 133 Å². The SMILES string of the molecule is CC(C)(C)OC=O.CCCOCCOCCOCCN(C)CCOCCOCCOCCC=O.COC(C)(C)C.O=CCCOCCNC(=O)OCC1c2ccccc2-c2ccccc21. The number of likely N-dealkylation sites (N-methyl/N-ethyl adjacent to an activating group) is 1. The van der Waals surface area contributed by atoms with Gasteiger partial charge in [-0.1, -0.05) is 55.5 Å². The fourth-order valence-corrected chi connectivity index (χ4v) is 5.16. The minimum atomic E-state index is -0.458. The Balaban J connectivity index is 0.000000990. The molecule has 1 amide bonds. The van der Waals surface area contributed by atoms with E-state index >= 15 is 0 Å². The first-order chi connectivity index (χ1) is 31.2. The van der Waals surface area contributed by atoms with E-state index in [2.05, 4.69) is 46.1 Å². The summed E-state index contributed by atoms with van der Waals surface area (Å²) < 4.78 is 52.4. The van der Waals surface area contributed by atoms with Crippen molar-refractivity contribution in [2.24, 2.45) is 0 Å². The Morgan fingerprint density at radius 1 is 0.600 bits per heavy atom. The van der Waals surface area contributed by atoms with E-state index < -0.39 is 6.09 Å². The lowest BCUT2D eigenvalue weighted by Gasteiger charge is -2.16. The van der Waals surface area contributed by atoms with E-state index in [1.807, 2.05) is 72.9 Å². The number of carbonyl (C=O) groups excluding carboxylic acids is 4. The van der Waals surface area contributed by atoms with Gasteiger partial charge in [-0.25, -0.2) is 4.79 Å². The molecule has 1 aliphatic rings. The molecule has 0 aliphatic heterocycles. The lowest BCUT2D eigenvalue weighted by atomic mass is 9.98. The van der Waals surface area contributed by atoms with E-state index in [0.717, 1.165) is 38.7 Å². The maximum atomic E-state index is 11.9. The number of benzene rings is 2. The van der Waals surface area contributed by atoms with Crippen LogP contribution in [0.5, 0.6) is 0 Å². The molecular weight excluding hydrogens is 841 g/mol. The molecule has 65 heavy (non-hydrogen) atoms. The Bertz CT molecular complexity index is 1420. The molecular formula is C49H82N2O14. The number of aldehydes is 2. The van der Waals surface area contributed by atoms with E-state index in [1.165, 1.54) is 22.3 Å². The van der Waals surface area contributed by atoms with Crippen molar-refractivity contribution in [3.8, 4) is 11.1 Å². The average molecular weight is 923 g/mol. The van der Waals surface area contributed by atoms with E-state index in [4.69, 9.17) is 42.6 Å². The van der Waals surface area contributed by atoms with E-state index in [0.29, 0.717) is 118 Å². The van der Waals surface area contributed by atoms with Crippen molar-refractivity contribution in [3.05, 3.63) is 59.7 Å².